The van der Waals surface area contributed by atoms with E-state index in [9.17, 15) is 9.59 Å². The Kier molecular flexibility index (Phi) is 9.41. The average molecular weight is 527 g/mol. The molecule has 0 aromatic heterocycles. The van der Waals surface area contributed by atoms with Gasteiger partial charge in [0.25, 0.3) is 5.91 Å². The SMILES string of the molecule is Cc1ccc(CN(C(=O)COc2ccc(Cl)cc2Cl)[C@H](Cc2ccccc2)C(=O)NC(C)(C)C)cc1. The van der Waals surface area contributed by atoms with Crippen LogP contribution in [0.4, 0.5) is 0 Å². The third-order valence-corrected chi connectivity index (χ3v) is 6.02. The normalized spacial score (nSPS) is 12.1. The molecule has 5 nitrogen and oxygen atoms in total. The lowest BCUT2D eigenvalue weighted by Gasteiger charge is -2.33. The second kappa shape index (κ2) is 12.3. The Hall–Kier alpha value is -3.02. The van der Waals surface area contributed by atoms with Gasteiger partial charge in [-0.15, -0.1) is 0 Å². The van der Waals surface area contributed by atoms with Gasteiger partial charge in [0, 0.05) is 23.5 Å². The zero-order valence-electron chi connectivity index (χ0n) is 21.1. The van der Waals surface area contributed by atoms with Gasteiger partial charge in [0.05, 0.1) is 5.02 Å². The van der Waals surface area contributed by atoms with Gasteiger partial charge >= 0.3 is 0 Å². The summed E-state index contributed by atoms with van der Waals surface area (Å²) in [6, 6.07) is 21.7. The molecule has 2 amide bonds. The predicted octanol–water partition coefficient (Wildman–Crippen LogP) is 6.24. The lowest BCUT2D eigenvalue weighted by atomic mass is 10.0. The Morgan fingerprint density at radius 1 is 0.944 bits per heavy atom. The molecule has 3 aromatic carbocycles. The first-order chi connectivity index (χ1) is 17.0. The molecule has 1 atom stereocenters. The summed E-state index contributed by atoms with van der Waals surface area (Å²) in [5, 5.41) is 3.83. The van der Waals surface area contributed by atoms with E-state index in [0.717, 1.165) is 16.7 Å². The van der Waals surface area contributed by atoms with Gasteiger partial charge in [0.1, 0.15) is 11.8 Å². The van der Waals surface area contributed by atoms with Crippen molar-refractivity contribution in [2.24, 2.45) is 0 Å². The minimum Gasteiger partial charge on any atom is -0.482 e. The van der Waals surface area contributed by atoms with Gasteiger partial charge in [0.15, 0.2) is 6.61 Å². The van der Waals surface area contributed by atoms with Crippen LogP contribution < -0.4 is 10.1 Å². The van der Waals surface area contributed by atoms with Gasteiger partial charge in [-0.1, -0.05) is 83.4 Å². The number of hydrogen-bond acceptors (Lipinski definition) is 3. The number of amides is 2. The van der Waals surface area contributed by atoms with Crippen LogP contribution in [0.3, 0.4) is 0 Å². The molecule has 0 saturated heterocycles. The molecule has 0 spiro atoms. The number of ether oxygens (including phenoxy) is 1. The summed E-state index contributed by atoms with van der Waals surface area (Å²) >= 11 is 12.2. The number of carbonyl (C=O) groups is 2. The van der Waals surface area contributed by atoms with Gasteiger partial charge in [-0.3, -0.25) is 9.59 Å². The standard InChI is InChI=1S/C29H32Cl2N2O3/c1-20-10-12-22(13-11-20)18-33(27(34)19-36-26-15-14-23(30)17-24(26)31)25(28(35)32-29(2,3)4)16-21-8-6-5-7-9-21/h5-15,17,25H,16,18-19H2,1-4H3,(H,32,35)/t25-/m1/s1. The lowest BCUT2D eigenvalue weighted by Crippen LogP contribution is -2.55. The van der Waals surface area contributed by atoms with Crippen molar-refractivity contribution in [3.8, 4) is 5.75 Å². The Labute approximate surface area is 223 Å². The summed E-state index contributed by atoms with van der Waals surface area (Å²) in [5.41, 5.74) is 2.52. The number of nitrogens with one attached hydrogen (secondary N) is 1. The molecule has 0 aliphatic carbocycles. The van der Waals surface area contributed by atoms with Crippen LogP contribution in [0.25, 0.3) is 0 Å². The molecule has 190 valence electrons. The highest BCUT2D eigenvalue weighted by Gasteiger charge is 2.32. The van der Waals surface area contributed by atoms with Gasteiger partial charge in [-0.05, 0) is 57.0 Å². The zero-order valence-corrected chi connectivity index (χ0v) is 22.6. The topological polar surface area (TPSA) is 58.6 Å². The highest BCUT2D eigenvalue weighted by Crippen LogP contribution is 2.27. The first-order valence-corrected chi connectivity index (χ1v) is 12.6. The van der Waals surface area contributed by atoms with Gasteiger partial charge < -0.3 is 15.0 Å². The summed E-state index contributed by atoms with van der Waals surface area (Å²) in [6.07, 6.45) is 0.363. The van der Waals surface area contributed by atoms with Crippen molar-refractivity contribution in [1.82, 2.24) is 10.2 Å². The van der Waals surface area contributed by atoms with Crippen LogP contribution in [0.1, 0.15) is 37.5 Å². The lowest BCUT2D eigenvalue weighted by molar-refractivity contribution is -0.143. The van der Waals surface area contributed by atoms with Gasteiger partial charge in [0.2, 0.25) is 5.91 Å². The van der Waals surface area contributed by atoms with Crippen molar-refractivity contribution in [2.75, 3.05) is 6.61 Å². The Morgan fingerprint density at radius 3 is 2.22 bits per heavy atom. The summed E-state index contributed by atoms with van der Waals surface area (Å²) in [6.45, 7) is 7.74. The summed E-state index contributed by atoms with van der Waals surface area (Å²) in [7, 11) is 0. The number of nitrogens with zero attached hydrogens (tertiary/aromatic N) is 1. The van der Waals surface area contributed by atoms with Crippen molar-refractivity contribution in [3.05, 3.63) is 99.5 Å². The predicted molar refractivity (Wildman–Crippen MR) is 146 cm³/mol. The van der Waals surface area contributed by atoms with Crippen LogP contribution in [0, 0.1) is 6.92 Å². The van der Waals surface area contributed by atoms with E-state index in [1.807, 2.05) is 82.3 Å². The molecule has 3 rings (SSSR count). The molecule has 3 aromatic rings. The third kappa shape index (κ3) is 8.28. The average Bonchev–Trinajstić information content (AvgIpc) is 2.81. The van der Waals surface area contributed by atoms with Crippen LogP contribution in [0.5, 0.6) is 5.75 Å². The zero-order chi connectivity index (χ0) is 26.3. The second-order valence-electron chi connectivity index (χ2n) is 9.82. The molecule has 36 heavy (non-hydrogen) atoms. The van der Waals surface area contributed by atoms with Crippen LogP contribution >= 0.6 is 23.2 Å². The van der Waals surface area contributed by atoms with Crippen molar-refractivity contribution in [3.63, 3.8) is 0 Å². The fraction of sp³-hybridized carbons (Fsp3) is 0.310. The Balaban J connectivity index is 1.93. The number of halogens is 2. The van der Waals surface area contributed by atoms with Crippen molar-refractivity contribution < 1.29 is 14.3 Å². The third-order valence-electron chi connectivity index (χ3n) is 5.49. The van der Waals surface area contributed by atoms with E-state index in [1.165, 1.54) is 0 Å². The molecule has 0 aliphatic heterocycles. The van der Waals surface area contributed by atoms with E-state index in [4.69, 9.17) is 27.9 Å². The van der Waals surface area contributed by atoms with E-state index in [1.54, 1.807) is 23.1 Å². The second-order valence-corrected chi connectivity index (χ2v) is 10.7. The molecular weight excluding hydrogens is 495 g/mol. The number of benzene rings is 3. The number of carbonyl (C=O) groups excluding carboxylic acids is 2. The highest BCUT2D eigenvalue weighted by molar-refractivity contribution is 6.35. The van der Waals surface area contributed by atoms with E-state index < -0.39 is 11.6 Å². The van der Waals surface area contributed by atoms with Crippen molar-refractivity contribution >= 4 is 35.0 Å². The number of hydrogen-bond donors (Lipinski definition) is 1. The van der Waals surface area contributed by atoms with E-state index >= 15 is 0 Å². The molecule has 7 heteroatoms. The molecule has 0 fully saturated rings. The minimum atomic E-state index is -0.746. The maximum Gasteiger partial charge on any atom is 0.261 e. The summed E-state index contributed by atoms with van der Waals surface area (Å²) in [4.78, 5) is 28.7. The number of aryl methyl sites for hydroxylation is 1. The molecule has 1 N–H and O–H groups in total. The minimum absolute atomic E-state index is 0.226. The fourth-order valence-electron chi connectivity index (χ4n) is 3.71. The molecule has 0 heterocycles. The summed E-state index contributed by atoms with van der Waals surface area (Å²) < 4.78 is 5.76. The Bertz CT molecular complexity index is 1180. The van der Waals surface area contributed by atoms with E-state index in [2.05, 4.69) is 5.32 Å². The Morgan fingerprint density at radius 2 is 1.61 bits per heavy atom. The smallest absolute Gasteiger partial charge is 0.261 e. The van der Waals surface area contributed by atoms with Crippen molar-refractivity contribution in [2.45, 2.75) is 52.2 Å². The van der Waals surface area contributed by atoms with Gasteiger partial charge in [-0.2, -0.15) is 0 Å². The number of rotatable bonds is 9. The maximum atomic E-state index is 13.6. The van der Waals surface area contributed by atoms with Crippen LogP contribution in [0.2, 0.25) is 10.0 Å². The molecule has 0 unspecified atom stereocenters. The van der Waals surface area contributed by atoms with E-state index in [0.29, 0.717) is 22.2 Å². The largest absolute Gasteiger partial charge is 0.482 e. The fourth-order valence-corrected chi connectivity index (χ4v) is 4.17. The van der Waals surface area contributed by atoms with Crippen LogP contribution in [0.15, 0.2) is 72.8 Å². The van der Waals surface area contributed by atoms with E-state index in [-0.39, 0.29) is 25.0 Å². The van der Waals surface area contributed by atoms with Gasteiger partial charge in [-0.25, -0.2) is 0 Å². The molecule has 0 saturated carbocycles. The molecule has 0 radical (unpaired) electrons. The molecule has 0 bridgehead atoms. The molecule has 0 aliphatic rings. The molecular formula is C29H32Cl2N2O3. The van der Waals surface area contributed by atoms with Crippen LogP contribution in [-0.4, -0.2) is 34.9 Å². The van der Waals surface area contributed by atoms with Crippen LogP contribution in [-0.2, 0) is 22.6 Å². The first-order valence-electron chi connectivity index (χ1n) is 11.8. The maximum absolute atomic E-state index is 13.6. The first kappa shape index (κ1) is 27.6. The summed E-state index contributed by atoms with van der Waals surface area (Å²) in [5.74, 6) is -0.202. The monoisotopic (exact) mass is 526 g/mol. The highest BCUT2D eigenvalue weighted by atomic mass is 35.5. The van der Waals surface area contributed by atoms with Crippen molar-refractivity contribution in [1.29, 1.82) is 0 Å². The quantitative estimate of drug-likeness (QED) is 0.359.